The van der Waals surface area contributed by atoms with Crippen molar-refractivity contribution in [3.8, 4) is 5.75 Å². The van der Waals surface area contributed by atoms with Crippen LogP contribution in [0.4, 0.5) is 0 Å². The minimum Gasteiger partial charge on any atom is -0.497 e. The molecule has 3 rings (SSSR count). The maximum absolute atomic E-state index is 11.3. The molecule has 0 amide bonds. The molecule has 0 aromatic heterocycles. The van der Waals surface area contributed by atoms with Crippen LogP contribution in [-0.2, 0) is 20.6 Å². The summed E-state index contributed by atoms with van der Waals surface area (Å²) in [6, 6.07) is 29.0. The van der Waals surface area contributed by atoms with Gasteiger partial charge in [0.15, 0.2) is 0 Å². The van der Waals surface area contributed by atoms with Gasteiger partial charge in [0.25, 0.3) is 8.32 Å². The first-order chi connectivity index (χ1) is 16.4. The predicted molar refractivity (Wildman–Crippen MR) is 140 cm³/mol. The average molecular weight is 477 g/mol. The summed E-state index contributed by atoms with van der Waals surface area (Å²) < 4.78 is 18.3. The molecule has 0 heterocycles. The second-order valence-corrected chi connectivity index (χ2v) is 13.8. The van der Waals surface area contributed by atoms with Crippen LogP contribution in [0.2, 0.25) is 5.04 Å². The number of ether oxygens (including phenoxy) is 2. The summed E-state index contributed by atoms with van der Waals surface area (Å²) in [7, 11) is -0.944. The number of hydrogen-bond donors (Lipinski definition) is 0. The van der Waals surface area contributed by atoms with E-state index in [1.54, 1.807) is 7.11 Å². The molecule has 34 heavy (non-hydrogen) atoms. The second kappa shape index (κ2) is 12.1. The van der Waals surface area contributed by atoms with Crippen molar-refractivity contribution in [1.82, 2.24) is 0 Å². The molecule has 4 nitrogen and oxygen atoms in total. The van der Waals surface area contributed by atoms with Crippen molar-refractivity contribution in [3.05, 3.63) is 90.5 Å². The van der Waals surface area contributed by atoms with E-state index in [0.717, 1.165) is 17.6 Å². The summed E-state index contributed by atoms with van der Waals surface area (Å²) in [4.78, 5) is 11.3. The molecule has 3 aromatic carbocycles. The molecule has 0 saturated heterocycles. The van der Waals surface area contributed by atoms with Crippen molar-refractivity contribution in [2.45, 2.75) is 51.4 Å². The lowest BCUT2D eigenvalue weighted by atomic mass is 10.2. The van der Waals surface area contributed by atoms with Crippen LogP contribution in [0.25, 0.3) is 0 Å². The normalized spacial score (nSPS) is 12.8. The molecule has 3 aromatic rings. The largest absolute Gasteiger partial charge is 0.497 e. The smallest absolute Gasteiger partial charge is 0.261 e. The Hall–Kier alpha value is -2.73. The fraction of sp³-hybridized carbons (Fsp3) is 0.345. The number of methoxy groups -OCH3 is 1. The second-order valence-electron chi connectivity index (χ2n) is 9.48. The highest BCUT2D eigenvalue weighted by molar-refractivity contribution is 6.99. The number of hydrogen-bond acceptors (Lipinski definition) is 4. The Morgan fingerprint density at radius 1 is 0.853 bits per heavy atom. The molecule has 0 radical (unpaired) electrons. The zero-order chi connectivity index (χ0) is 24.4. The van der Waals surface area contributed by atoms with Gasteiger partial charge in [0.2, 0.25) is 0 Å². The van der Waals surface area contributed by atoms with Crippen LogP contribution in [-0.4, -0.2) is 34.4 Å². The Kier molecular flexibility index (Phi) is 9.22. The van der Waals surface area contributed by atoms with Gasteiger partial charge >= 0.3 is 0 Å². The minimum absolute atomic E-state index is 0.0835. The van der Waals surface area contributed by atoms with Gasteiger partial charge in [-0.1, -0.05) is 93.6 Å². The molecule has 0 fully saturated rings. The average Bonchev–Trinajstić information content (AvgIpc) is 2.85. The lowest BCUT2D eigenvalue weighted by Crippen LogP contribution is -2.66. The fourth-order valence-corrected chi connectivity index (χ4v) is 9.00. The molecule has 0 aliphatic heterocycles. The number of aldehydes is 1. The van der Waals surface area contributed by atoms with Crippen molar-refractivity contribution in [2.75, 3.05) is 13.7 Å². The Morgan fingerprint density at radius 2 is 1.41 bits per heavy atom. The predicted octanol–water partition coefficient (Wildman–Crippen LogP) is 5.14. The molecule has 0 aliphatic carbocycles. The molecular weight excluding hydrogens is 440 g/mol. The van der Waals surface area contributed by atoms with E-state index >= 15 is 0 Å². The van der Waals surface area contributed by atoms with Gasteiger partial charge in [0.1, 0.15) is 12.0 Å². The Labute approximate surface area is 205 Å². The summed E-state index contributed by atoms with van der Waals surface area (Å²) in [5.74, 6) is 0.812. The summed E-state index contributed by atoms with van der Waals surface area (Å²) in [5, 5.41) is 2.42. The van der Waals surface area contributed by atoms with E-state index in [4.69, 9.17) is 13.9 Å². The topological polar surface area (TPSA) is 44.8 Å². The number of rotatable bonds is 12. The van der Waals surface area contributed by atoms with Gasteiger partial charge in [0, 0.05) is 13.0 Å². The molecular formula is C29H36O4Si. The maximum atomic E-state index is 11.3. The summed E-state index contributed by atoms with van der Waals surface area (Å²) >= 11 is 0. The standard InChI is InChI=1S/C29H36O4Si/c1-29(2,3)34(27-11-7-5-8-12-27,28-13-9-6-10-14-28)33-22-20-26(19-21-30)32-23-24-15-17-25(31-4)18-16-24/h5-18,21,26H,19-20,22-23H2,1-4H3. The van der Waals surface area contributed by atoms with Crippen LogP contribution in [0.5, 0.6) is 5.75 Å². The summed E-state index contributed by atoms with van der Waals surface area (Å²) in [5.41, 5.74) is 1.05. The van der Waals surface area contributed by atoms with Gasteiger partial charge in [-0.05, 0) is 39.5 Å². The van der Waals surface area contributed by atoms with Crippen LogP contribution in [0.15, 0.2) is 84.9 Å². The van der Waals surface area contributed by atoms with Crippen LogP contribution >= 0.6 is 0 Å². The SMILES string of the molecule is COc1ccc(COC(CC=O)CCO[Si](c2ccccc2)(c2ccccc2)C(C)(C)C)cc1. The van der Waals surface area contributed by atoms with E-state index in [1.807, 2.05) is 36.4 Å². The van der Waals surface area contributed by atoms with E-state index in [9.17, 15) is 4.79 Å². The fourth-order valence-electron chi connectivity index (χ4n) is 4.42. The lowest BCUT2D eigenvalue weighted by molar-refractivity contribution is -0.111. The van der Waals surface area contributed by atoms with Crippen LogP contribution in [0.3, 0.4) is 0 Å². The van der Waals surface area contributed by atoms with Gasteiger partial charge in [-0.15, -0.1) is 0 Å². The van der Waals surface area contributed by atoms with Gasteiger partial charge in [-0.2, -0.15) is 0 Å². The lowest BCUT2D eigenvalue weighted by Gasteiger charge is -2.43. The zero-order valence-electron chi connectivity index (χ0n) is 20.7. The molecule has 0 saturated carbocycles. The highest BCUT2D eigenvalue weighted by atomic mass is 28.4. The van der Waals surface area contributed by atoms with Gasteiger partial charge in [-0.25, -0.2) is 0 Å². The van der Waals surface area contributed by atoms with E-state index in [0.29, 0.717) is 26.1 Å². The molecule has 0 N–H and O–H groups in total. The van der Waals surface area contributed by atoms with Crippen molar-refractivity contribution < 1.29 is 18.7 Å². The summed E-state index contributed by atoms with van der Waals surface area (Å²) in [6.07, 6.45) is 1.74. The molecule has 1 unspecified atom stereocenters. The highest BCUT2D eigenvalue weighted by Crippen LogP contribution is 2.36. The number of carbonyl (C=O) groups excluding carboxylic acids is 1. The molecule has 1 atom stereocenters. The Bertz CT molecular complexity index is 958. The third-order valence-electron chi connectivity index (χ3n) is 6.18. The van der Waals surface area contributed by atoms with Gasteiger partial charge < -0.3 is 18.7 Å². The van der Waals surface area contributed by atoms with E-state index in [-0.39, 0.29) is 11.1 Å². The van der Waals surface area contributed by atoms with Crippen molar-refractivity contribution in [3.63, 3.8) is 0 Å². The van der Waals surface area contributed by atoms with E-state index in [2.05, 4.69) is 69.3 Å². The van der Waals surface area contributed by atoms with E-state index in [1.165, 1.54) is 10.4 Å². The quantitative estimate of drug-likeness (QED) is 0.268. The van der Waals surface area contributed by atoms with Crippen molar-refractivity contribution in [1.29, 1.82) is 0 Å². The van der Waals surface area contributed by atoms with Crippen LogP contribution < -0.4 is 15.1 Å². The number of benzene rings is 3. The molecule has 0 bridgehead atoms. The van der Waals surface area contributed by atoms with Crippen molar-refractivity contribution in [2.24, 2.45) is 0 Å². The third-order valence-corrected chi connectivity index (χ3v) is 11.2. The zero-order valence-corrected chi connectivity index (χ0v) is 21.7. The minimum atomic E-state index is -2.59. The highest BCUT2D eigenvalue weighted by Gasteiger charge is 2.50. The van der Waals surface area contributed by atoms with Gasteiger partial charge in [-0.3, -0.25) is 0 Å². The maximum Gasteiger partial charge on any atom is 0.261 e. The third kappa shape index (κ3) is 6.23. The Balaban J connectivity index is 1.77. The summed E-state index contributed by atoms with van der Waals surface area (Å²) in [6.45, 7) is 7.77. The first kappa shape index (κ1) is 25.9. The molecule has 180 valence electrons. The van der Waals surface area contributed by atoms with E-state index < -0.39 is 8.32 Å². The molecule has 0 aliphatic rings. The first-order valence-corrected chi connectivity index (χ1v) is 13.7. The van der Waals surface area contributed by atoms with Crippen molar-refractivity contribution >= 4 is 25.0 Å². The molecule has 0 spiro atoms. The number of carbonyl (C=O) groups is 1. The first-order valence-electron chi connectivity index (χ1n) is 11.8. The molecule has 5 heteroatoms. The van der Waals surface area contributed by atoms with Crippen LogP contribution in [0, 0.1) is 0 Å². The Morgan fingerprint density at radius 3 is 1.88 bits per heavy atom. The van der Waals surface area contributed by atoms with Gasteiger partial charge in [0.05, 0.1) is 19.8 Å². The monoisotopic (exact) mass is 476 g/mol. The van der Waals surface area contributed by atoms with Crippen LogP contribution in [0.1, 0.15) is 39.2 Å².